The van der Waals surface area contributed by atoms with E-state index in [-0.39, 0.29) is 5.04 Å². The summed E-state index contributed by atoms with van der Waals surface area (Å²) in [5.41, 5.74) is 2.81. The molecule has 0 unspecified atom stereocenters. The third-order valence-electron chi connectivity index (χ3n) is 6.67. The fourth-order valence-corrected chi connectivity index (χ4v) is 4.83. The molecule has 0 bridgehead atoms. The van der Waals surface area contributed by atoms with Crippen molar-refractivity contribution in [2.75, 3.05) is 13.2 Å². The van der Waals surface area contributed by atoms with Gasteiger partial charge in [-0.2, -0.15) is 0 Å². The SMILES string of the molecule is CC(C)(C)[Si](C)(C)OCCCCOC(c1ccccc1)(c1ccccc1)c1ccccc1. The Bertz CT molecular complexity index is 834. The topological polar surface area (TPSA) is 18.5 Å². The van der Waals surface area contributed by atoms with E-state index in [0.717, 1.165) is 36.1 Å². The molecular formula is C29H38O2Si. The van der Waals surface area contributed by atoms with Gasteiger partial charge in [-0.25, -0.2) is 0 Å². The molecule has 3 rings (SSSR count). The lowest BCUT2D eigenvalue weighted by Gasteiger charge is -2.37. The van der Waals surface area contributed by atoms with Gasteiger partial charge in [0.2, 0.25) is 0 Å². The number of benzene rings is 3. The molecule has 0 saturated heterocycles. The molecule has 0 spiro atoms. The van der Waals surface area contributed by atoms with Crippen molar-refractivity contribution in [3.05, 3.63) is 108 Å². The summed E-state index contributed by atoms with van der Waals surface area (Å²) in [6.07, 6.45) is 1.96. The highest BCUT2D eigenvalue weighted by molar-refractivity contribution is 6.74. The third-order valence-corrected chi connectivity index (χ3v) is 11.2. The number of rotatable bonds is 10. The average Bonchev–Trinajstić information content (AvgIpc) is 2.80. The van der Waals surface area contributed by atoms with Crippen LogP contribution in [0.3, 0.4) is 0 Å². The molecule has 3 heteroatoms. The molecule has 32 heavy (non-hydrogen) atoms. The van der Waals surface area contributed by atoms with Gasteiger partial charge in [0.15, 0.2) is 8.32 Å². The zero-order valence-corrected chi connectivity index (χ0v) is 21.3. The predicted molar refractivity (Wildman–Crippen MR) is 138 cm³/mol. The molecule has 2 nitrogen and oxygen atoms in total. The standard InChI is InChI=1S/C29H38O2Si/c1-28(2,3)32(4,5)31-24-16-15-23-30-29(25-17-9-6-10-18-25,26-19-11-7-12-20-26)27-21-13-8-14-22-27/h6-14,17-22H,15-16,23-24H2,1-5H3. The van der Waals surface area contributed by atoms with E-state index < -0.39 is 13.9 Å². The van der Waals surface area contributed by atoms with Gasteiger partial charge in [-0.1, -0.05) is 112 Å². The fourth-order valence-electron chi connectivity index (χ4n) is 3.74. The van der Waals surface area contributed by atoms with Crippen molar-refractivity contribution in [2.45, 2.75) is 57.3 Å². The van der Waals surface area contributed by atoms with Gasteiger partial charge in [0.25, 0.3) is 0 Å². The summed E-state index contributed by atoms with van der Waals surface area (Å²) < 4.78 is 13.2. The Kier molecular flexibility index (Phi) is 8.10. The van der Waals surface area contributed by atoms with E-state index in [0.29, 0.717) is 6.61 Å². The minimum atomic E-state index is -1.70. The molecule has 0 fully saturated rings. The van der Waals surface area contributed by atoms with Crippen LogP contribution < -0.4 is 0 Å². The van der Waals surface area contributed by atoms with Crippen LogP contribution in [-0.2, 0) is 14.8 Å². The largest absolute Gasteiger partial charge is 0.417 e. The molecule has 0 heterocycles. The maximum Gasteiger partial charge on any atom is 0.191 e. The van der Waals surface area contributed by atoms with Crippen LogP contribution in [0.4, 0.5) is 0 Å². The summed E-state index contributed by atoms with van der Waals surface area (Å²) in [5.74, 6) is 0. The molecular weight excluding hydrogens is 408 g/mol. The minimum absolute atomic E-state index is 0.243. The van der Waals surface area contributed by atoms with Crippen LogP contribution in [0, 0.1) is 0 Å². The Hall–Kier alpha value is -2.20. The summed E-state index contributed by atoms with van der Waals surface area (Å²) in [5, 5.41) is 0.243. The highest BCUT2D eigenvalue weighted by atomic mass is 28.4. The quantitative estimate of drug-likeness (QED) is 0.180. The van der Waals surface area contributed by atoms with Crippen LogP contribution >= 0.6 is 0 Å². The van der Waals surface area contributed by atoms with Gasteiger partial charge in [-0.3, -0.25) is 0 Å². The van der Waals surface area contributed by atoms with Crippen LogP contribution in [0.1, 0.15) is 50.3 Å². The van der Waals surface area contributed by atoms with Crippen LogP contribution in [-0.4, -0.2) is 21.5 Å². The molecule has 0 radical (unpaired) electrons. The molecule has 0 aromatic heterocycles. The van der Waals surface area contributed by atoms with Crippen molar-refractivity contribution in [2.24, 2.45) is 0 Å². The second-order valence-electron chi connectivity index (χ2n) is 9.94. The van der Waals surface area contributed by atoms with Gasteiger partial charge in [0.05, 0.1) is 0 Å². The summed E-state index contributed by atoms with van der Waals surface area (Å²) >= 11 is 0. The number of hydrogen-bond acceptors (Lipinski definition) is 2. The van der Waals surface area contributed by atoms with E-state index in [1.807, 2.05) is 0 Å². The smallest absolute Gasteiger partial charge is 0.191 e. The molecule has 170 valence electrons. The van der Waals surface area contributed by atoms with Gasteiger partial charge in [-0.05, 0) is 47.7 Å². The molecule has 0 amide bonds. The first-order valence-corrected chi connectivity index (χ1v) is 14.6. The predicted octanol–water partition coefficient (Wildman–Crippen LogP) is 7.80. The monoisotopic (exact) mass is 446 g/mol. The zero-order valence-electron chi connectivity index (χ0n) is 20.3. The van der Waals surface area contributed by atoms with Crippen molar-refractivity contribution in [1.82, 2.24) is 0 Å². The first-order chi connectivity index (χ1) is 15.3. The lowest BCUT2D eigenvalue weighted by atomic mass is 9.80. The molecule has 0 aliphatic rings. The first kappa shape index (κ1) is 24.4. The highest BCUT2D eigenvalue weighted by Gasteiger charge is 2.38. The normalized spacial score (nSPS) is 12.7. The summed E-state index contributed by atoms with van der Waals surface area (Å²) in [6.45, 7) is 13.0. The molecule has 0 aliphatic heterocycles. The van der Waals surface area contributed by atoms with E-state index >= 15 is 0 Å². The van der Waals surface area contributed by atoms with Gasteiger partial charge in [0.1, 0.15) is 5.60 Å². The average molecular weight is 447 g/mol. The van der Waals surface area contributed by atoms with Crippen molar-refractivity contribution >= 4 is 8.32 Å². The Morgan fingerprint density at radius 3 is 1.34 bits per heavy atom. The van der Waals surface area contributed by atoms with E-state index in [1.165, 1.54) is 0 Å². The third kappa shape index (κ3) is 5.58. The Morgan fingerprint density at radius 1 is 0.594 bits per heavy atom. The van der Waals surface area contributed by atoms with E-state index in [4.69, 9.17) is 9.16 Å². The number of hydrogen-bond donors (Lipinski definition) is 0. The van der Waals surface area contributed by atoms with Crippen LogP contribution in [0.5, 0.6) is 0 Å². The van der Waals surface area contributed by atoms with E-state index in [2.05, 4.69) is 125 Å². The molecule has 0 N–H and O–H groups in total. The van der Waals surface area contributed by atoms with Gasteiger partial charge in [0, 0.05) is 13.2 Å². The van der Waals surface area contributed by atoms with Crippen molar-refractivity contribution in [3.63, 3.8) is 0 Å². The molecule has 0 aliphatic carbocycles. The maximum atomic E-state index is 6.84. The molecule has 0 atom stereocenters. The summed E-state index contributed by atoms with van der Waals surface area (Å²) in [4.78, 5) is 0. The molecule has 3 aromatic carbocycles. The van der Waals surface area contributed by atoms with Gasteiger partial charge >= 0.3 is 0 Å². The number of unbranched alkanes of at least 4 members (excludes halogenated alkanes) is 1. The van der Waals surface area contributed by atoms with Crippen LogP contribution in [0.15, 0.2) is 91.0 Å². The van der Waals surface area contributed by atoms with Gasteiger partial charge in [-0.15, -0.1) is 0 Å². The van der Waals surface area contributed by atoms with E-state index in [9.17, 15) is 0 Å². The Balaban J connectivity index is 1.80. The summed E-state index contributed by atoms with van der Waals surface area (Å²) in [7, 11) is -1.70. The van der Waals surface area contributed by atoms with Crippen molar-refractivity contribution in [3.8, 4) is 0 Å². The lowest BCUT2D eigenvalue weighted by molar-refractivity contribution is 0.00952. The van der Waals surface area contributed by atoms with Crippen LogP contribution in [0.25, 0.3) is 0 Å². The van der Waals surface area contributed by atoms with Crippen molar-refractivity contribution in [1.29, 1.82) is 0 Å². The van der Waals surface area contributed by atoms with Crippen molar-refractivity contribution < 1.29 is 9.16 Å². The minimum Gasteiger partial charge on any atom is -0.417 e. The zero-order chi connectivity index (χ0) is 23.1. The Morgan fingerprint density at radius 2 is 0.969 bits per heavy atom. The lowest BCUT2D eigenvalue weighted by Crippen LogP contribution is -2.41. The number of ether oxygens (including phenoxy) is 1. The van der Waals surface area contributed by atoms with Crippen LogP contribution in [0.2, 0.25) is 18.1 Å². The molecule has 3 aromatic rings. The second kappa shape index (κ2) is 10.6. The molecule has 0 saturated carbocycles. The Labute approximate surface area is 195 Å². The van der Waals surface area contributed by atoms with Gasteiger partial charge < -0.3 is 9.16 Å². The maximum absolute atomic E-state index is 6.84. The highest BCUT2D eigenvalue weighted by Crippen LogP contribution is 2.40. The summed E-state index contributed by atoms with van der Waals surface area (Å²) in [6, 6.07) is 31.7. The van der Waals surface area contributed by atoms with E-state index in [1.54, 1.807) is 0 Å². The fraction of sp³-hybridized carbons (Fsp3) is 0.379. The first-order valence-electron chi connectivity index (χ1n) is 11.7. The second-order valence-corrected chi connectivity index (χ2v) is 14.8.